The van der Waals surface area contributed by atoms with Crippen LogP contribution in [-0.2, 0) is 7.05 Å². The summed E-state index contributed by atoms with van der Waals surface area (Å²) in [5.41, 5.74) is 1.15. The molecular formula is C18H18N4O2. The topological polar surface area (TPSA) is 71.0 Å². The number of carbonyl (C=O) groups is 1. The van der Waals surface area contributed by atoms with Crippen molar-refractivity contribution in [2.75, 3.05) is 6.54 Å². The maximum absolute atomic E-state index is 13.0. The van der Waals surface area contributed by atoms with Crippen LogP contribution in [0.1, 0.15) is 34.9 Å². The number of nitrogens with one attached hydrogen (secondary N) is 1. The van der Waals surface area contributed by atoms with E-state index in [1.54, 1.807) is 23.0 Å². The fourth-order valence-corrected chi connectivity index (χ4v) is 3.45. The molecule has 6 nitrogen and oxygen atoms in total. The van der Waals surface area contributed by atoms with E-state index in [2.05, 4.69) is 10.1 Å². The molecule has 4 rings (SSSR count). The lowest BCUT2D eigenvalue weighted by molar-refractivity contribution is 0.0729. The van der Waals surface area contributed by atoms with Crippen molar-refractivity contribution in [2.45, 2.75) is 18.9 Å². The molecule has 0 aliphatic carbocycles. The number of hydrogen-bond acceptors (Lipinski definition) is 3. The van der Waals surface area contributed by atoms with Gasteiger partial charge < -0.3 is 9.88 Å². The van der Waals surface area contributed by atoms with E-state index in [-0.39, 0.29) is 17.5 Å². The lowest BCUT2D eigenvalue weighted by atomic mass is 10.1. The van der Waals surface area contributed by atoms with Gasteiger partial charge in [-0.3, -0.25) is 14.3 Å². The van der Waals surface area contributed by atoms with Gasteiger partial charge in [-0.25, -0.2) is 0 Å². The zero-order valence-corrected chi connectivity index (χ0v) is 13.4. The molecule has 1 saturated heterocycles. The number of amides is 1. The second-order valence-corrected chi connectivity index (χ2v) is 6.20. The molecule has 3 aromatic rings. The van der Waals surface area contributed by atoms with Crippen molar-refractivity contribution in [1.29, 1.82) is 0 Å². The fourth-order valence-electron chi connectivity index (χ4n) is 3.45. The number of aromatic amines is 1. The standard InChI is InChI=1S/C18H18N4O2/c1-21-11-13(10-19-21)16-7-4-8-22(16)18(24)15-9-12-5-2-3-6-14(12)17(23)20-15/h2-3,5-6,9-11,16H,4,7-8H2,1H3,(H,20,23)/t16-/m1/s1. The van der Waals surface area contributed by atoms with E-state index >= 15 is 0 Å². The summed E-state index contributed by atoms with van der Waals surface area (Å²) >= 11 is 0. The number of benzene rings is 1. The zero-order chi connectivity index (χ0) is 16.7. The number of aromatic nitrogens is 3. The average molecular weight is 322 g/mol. The number of pyridine rings is 1. The number of H-pyrrole nitrogens is 1. The first-order valence-electron chi connectivity index (χ1n) is 8.05. The van der Waals surface area contributed by atoms with Crippen molar-refractivity contribution >= 4 is 16.7 Å². The van der Waals surface area contributed by atoms with Crippen LogP contribution < -0.4 is 5.56 Å². The minimum absolute atomic E-state index is 0.0150. The first-order valence-corrected chi connectivity index (χ1v) is 8.05. The van der Waals surface area contributed by atoms with Crippen molar-refractivity contribution in [3.8, 4) is 0 Å². The second-order valence-electron chi connectivity index (χ2n) is 6.20. The summed E-state index contributed by atoms with van der Waals surface area (Å²) in [5.74, 6) is -0.135. The number of aryl methyl sites for hydroxylation is 1. The van der Waals surface area contributed by atoms with Gasteiger partial charge >= 0.3 is 0 Å². The highest BCUT2D eigenvalue weighted by molar-refractivity contribution is 5.96. The van der Waals surface area contributed by atoms with Gasteiger partial charge in [0, 0.05) is 30.7 Å². The number of rotatable bonds is 2. The summed E-state index contributed by atoms with van der Waals surface area (Å²) in [6.45, 7) is 0.688. The third kappa shape index (κ3) is 2.40. The van der Waals surface area contributed by atoms with E-state index in [4.69, 9.17) is 0 Å². The molecule has 1 aliphatic rings. The van der Waals surface area contributed by atoms with Crippen molar-refractivity contribution in [1.82, 2.24) is 19.7 Å². The molecule has 6 heteroatoms. The van der Waals surface area contributed by atoms with Crippen molar-refractivity contribution < 1.29 is 4.79 Å². The molecule has 0 unspecified atom stereocenters. The Hall–Kier alpha value is -2.89. The molecule has 0 radical (unpaired) electrons. The molecule has 2 aromatic heterocycles. The summed E-state index contributed by atoms with van der Waals surface area (Å²) in [5, 5.41) is 5.58. The van der Waals surface area contributed by atoms with E-state index in [0.29, 0.717) is 17.6 Å². The smallest absolute Gasteiger partial charge is 0.270 e. The summed E-state index contributed by atoms with van der Waals surface area (Å²) < 4.78 is 1.74. The number of likely N-dealkylation sites (tertiary alicyclic amines) is 1. The van der Waals surface area contributed by atoms with E-state index in [0.717, 1.165) is 23.8 Å². The molecule has 1 aliphatic heterocycles. The van der Waals surface area contributed by atoms with Crippen molar-refractivity contribution in [3.05, 3.63) is 64.3 Å². The Morgan fingerprint density at radius 2 is 2.17 bits per heavy atom. The third-order valence-electron chi connectivity index (χ3n) is 4.61. The monoisotopic (exact) mass is 322 g/mol. The lowest BCUT2D eigenvalue weighted by Crippen LogP contribution is -2.32. The Balaban J connectivity index is 1.71. The molecule has 1 N–H and O–H groups in total. The minimum atomic E-state index is -0.228. The zero-order valence-electron chi connectivity index (χ0n) is 13.4. The van der Waals surface area contributed by atoms with Crippen LogP contribution in [0.3, 0.4) is 0 Å². The molecule has 1 atom stereocenters. The van der Waals surface area contributed by atoms with Crippen molar-refractivity contribution in [2.24, 2.45) is 7.05 Å². The normalized spacial score (nSPS) is 17.5. The summed E-state index contributed by atoms with van der Waals surface area (Å²) in [6.07, 6.45) is 5.61. The van der Waals surface area contributed by atoms with Gasteiger partial charge in [0.2, 0.25) is 0 Å². The Labute approximate surface area is 138 Å². The fraction of sp³-hybridized carbons (Fsp3) is 0.278. The minimum Gasteiger partial charge on any atom is -0.330 e. The van der Waals surface area contributed by atoms with Crippen LogP contribution in [0.15, 0.2) is 47.5 Å². The Bertz CT molecular complexity index is 972. The van der Waals surface area contributed by atoms with Crippen LogP contribution in [0.2, 0.25) is 0 Å². The SMILES string of the molecule is Cn1cc([C@H]2CCCN2C(=O)c2cc3ccccc3c(=O)[nH]2)cn1. The van der Waals surface area contributed by atoms with Gasteiger partial charge in [-0.15, -0.1) is 0 Å². The maximum atomic E-state index is 13.0. The molecule has 0 saturated carbocycles. The average Bonchev–Trinajstić information content (AvgIpc) is 3.22. The Morgan fingerprint density at radius 3 is 2.96 bits per heavy atom. The van der Waals surface area contributed by atoms with Crippen LogP contribution >= 0.6 is 0 Å². The molecular weight excluding hydrogens is 304 g/mol. The molecule has 1 fully saturated rings. The van der Waals surface area contributed by atoms with Gasteiger partial charge in [-0.1, -0.05) is 18.2 Å². The van der Waals surface area contributed by atoms with Crippen LogP contribution in [0.4, 0.5) is 0 Å². The quantitative estimate of drug-likeness (QED) is 0.786. The van der Waals surface area contributed by atoms with E-state index in [1.807, 2.05) is 36.3 Å². The summed E-state index contributed by atoms with van der Waals surface area (Å²) in [6, 6.07) is 9.07. The van der Waals surface area contributed by atoms with Crippen LogP contribution in [0, 0.1) is 0 Å². The van der Waals surface area contributed by atoms with Gasteiger partial charge in [0.05, 0.1) is 12.2 Å². The molecule has 0 bridgehead atoms. The lowest BCUT2D eigenvalue weighted by Gasteiger charge is -2.23. The highest BCUT2D eigenvalue weighted by Gasteiger charge is 2.31. The van der Waals surface area contributed by atoms with E-state index in [1.165, 1.54) is 0 Å². The summed E-state index contributed by atoms with van der Waals surface area (Å²) in [7, 11) is 1.87. The van der Waals surface area contributed by atoms with Gasteiger partial charge in [-0.05, 0) is 30.4 Å². The van der Waals surface area contributed by atoms with Gasteiger partial charge in [0.25, 0.3) is 11.5 Å². The molecule has 3 heterocycles. The van der Waals surface area contributed by atoms with Crippen LogP contribution in [-0.4, -0.2) is 32.1 Å². The Morgan fingerprint density at radius 1 is 1.33 bits per heavy atom. The maximum Gasteiger partial charge on any atom is 0.270 e. The van der Waals surface area contributed by atoms with Crippen LogP contribution in [0.5, 0.6) is 0 Å². The largest absolute Gasteiger partial charge is 0.330 e. The predicted octanol–water partition coefficient (Wildman–Crippen LogP) is 2.24. The first-order chi connectivity index (χ1) is 11.6. The van der Waals surface area contributed by atoms with Gasteiger partial charge in [0.1, 0.15) is 5.69 Å². The molecule has 1 amide bonds. The van der Waals surface area contributed by atoms with Crippen LogP contribution in [0.25, 0.3) is 10.8 Å². The summed E-state index contributed by atoms with van der Waals surface area (Å²) in [4.78, 5) is 29.8. The number of hydrogen-bond donors (Lipinski definition) is 1. The Kier molecular flexibility index (Phi) is 3.45. The molecule has 122 valence electrons. The number of nitrogens with zero attached hydrogens (tertiary/aromatic N) is 3. The number of fused-ring (bicyclic) bond motifs is 1. The molecule has 0 spiro atoms. The predicted molar refractivity (Wildman–Crippen MR) is 90.8 cm³/mol. The van der Waals surface area contributed by atoms with Gasteiger partial charge in [0.15, 0.2) is 0 Å². The van der Waals surface area contributed by atoms with E-state index in [9.17, 15) is 9.59 Å². The molecule has 1 aromatic carbocycles. The highest BCUT2D eigenvalue weighted by Crippen LogP contribution is 2.32. The van der Waals surface area contributed by atoms with Gasteiger partial charge in [-0.2, -0.15) is 5.10 Å². The molecule has 24 heavy (non-hydrogen) atoms. The highest BCUT2D eigenvalue weighted by atomic mass is 16.2. The van der Waals surface area contributed by atoms with Crippen molar-refractivity contribution in [3.63, 3.8) is 0 Å². The number of carbonyl (C=O) groups excluding carboxylic acids is 1. The first kappa shape index (κ1) is 14.7. The second kappa shape index (κ2) is 5.63. The van der Waals surface area contributed by atoms with E-state index < -0.39 is 0 Å². The third-order valence-corrected chi connectivity index (χ3v) is 4.61.